The molecule has 0 atom stereocenters. The molecule has 0 amide bonds. The lowest BCUT2D eigenvalue weighted by atomic mass is 10.1. The van der Waals surface area contributed by atoms with Crippen molar-refractivity contribution in [3.63, 3.8) is 0 Å². The van der Waals surface area contributed by atoms with Crippen LogP contribution >= 0.6 is 11.6 Å². The number of hydrogen-bond donors (Lipinski definition) is 1. The van der Waals surface area contributed by atoms with E-state index < -0.39 is 0 Å². The van der Waals surface area contributed by atoms with E-state index in [2.05, 4.69) is 17.2 Å². The van der Waals surface area contributed by atoms with Gasteiger partial charge >= 0.3 is 0 Å². The topological polar surface area (TPSA) is 43.8 Å². The van der Waals surface area contributed by atoms with Gasteiger partial charge < -0.3 is 5.73 Å². The standard InChI is InChI=1S/C11H12ClN3/c12-11-10(13)8-14-15(11)7-6-9-4-2-1-3-5-9/h1-5,8H,6-7,13H2. The molecule has 1 heterocycles. The summed E-state index contributed by atoms with van der Waals surface area (Å²) in [5.41, 5.74) is 7.39. The van der Waals surface area contributed by atoms with E-state index in [1.165, 1.54) is 5.56 Å². The van der Waals surface area contributed by atoms with Gasteiger partial charge in [-0.25, -0.2) is 0 Å². The first-order valence-corrected chi connectivity index (χ1v) is 5.16. The van der Waals surface area contributed by atoms with Crippen molar-refractivity contribution in [2.45, 2.75) is 13.0 Å². The summed E-state index contributed by atoms with van der Waals surface area (Å²) in [5.74, 6) is 0. The van der Waals surface area contributed by atoms with Crippen LogP contribution in [0, 0.1) is 0 Å². The van der Waals surface area contributed by atoms with Gasteiger partial charge in [0, 0.05) is 6.54 Å². The van der Waals surface area contributed by atoms with Gasteiger partial charge in [-0.05, 0) is 12.0 Å². The highest BCUT2D eigenvalue weighted by Gasteiger charge is 2.04. The van der Waals surface area contributed by atoms with Crippen LogP contribution in [0.15, 0.2) is 36.5 Å². The molecule has 0 aliphatic rings. The maximum atomic E-state index is 5.95. The van der Waals surface area contributed by atoms with Gasteiger partial charge in [0.2, 0.25) is 0 Å². The van der Waals surface area contributed by atoms with E-state index in [4.69, 9.17) is 17.3 Å². The van der Waals surface area contributed by atoms with Crippen molar-refractivity contribution in [2.24, 2.45) is 0 Å². The number of nitrogens with zero attached hydrogens (tertiary/aromatic N) is 2. The van der Waals surface area contributed by atoms with E-state index >= 15 is 0 Å². The van der Waals surface area contributed by atoms with Crippen molar-refractivity contribution in [3.8, 4) is 0 Å². The molecular formula is C11H12ClN3. The average molecular weight is 222 g/mol. The SMILES string of the molecule is Nc1cnn(CCc2ccccc2)c1Cl. The van der Waals surface area contributed by atoms with Crippen LogP contribution in [0.5, 0.6) is 0 Å². The van der Waals surface area contributed by atoms with Gasteiger partial charge in [0.15, 0.2) is 0 Å². The number of rotatable bonds is 3. The second kappa shape index (κ2) is 4.36. The van der Waals surface area contributed by atoms with Crippen LogP contribution in [0.4, 0.5) is 5.69 Å². The lowest BCUT2D eigenvalue weighted by molar-refractivity contribution is 0.616. The largest absolute Gasteiger partial charge is 0.395 e. The quantitative estimate of drug-likeness (QED) is 0.865. The monoisotopic (exact) mass is 221 g/mol. The van der Waals surface area contributed by atoms with E-state index in [0.717, 1.165) is 13.0 Å². The highest BCUT2D eigenvalue weighted by molar-refractivity contribution is 6.31. The normalized spacial score (nSPS) is 10.5. The molecular weight excluding hydrogens is 210 g/mol. The van der Waals surface area contributed by atoms with Crippen LogP contribution < -0.4 is 5.73 Å². The first kappa shape index (κ1) is 10.1. The lowest BCUT2D eigenvalue weighted by Gasteiger charge is -2.03. The van der Waals surface area contributed by atoms with Crippen molar-refractivity contribution >= 4 is 17.3 Å². The van der Waals surface area contributed by atoms with Crippen LogP contribution in [0.3, 0.4) is 0 Å². The second-order valence-corrected chi connectivity index (χ2v) is 3.71. The Morgan fingerprint density at radius 1 is 1.27 bits per heavy atom. The summed E-state index contributed by atoms with van der Waals surface area (Å²) >= 11 is 5.95. The van der Waals surface area contributed by atoms with Crippen LogP contribution in [-0.4, -0.2) is 9.78 Å². The molecule has 0 aliphatic carbocycles. The Hall–Kier alpha value is -1.48. The second-order valence-electron chi connectivity index (χ2n) is 3.35. The van der Waals surface area contributed by atoms with Crippen molar-refractivity contribution in [1.82, 2.24) is 9.78 Å². The van der Waals surface area contributed by atoms with E-state index in [1.54, 1.807) is 10.9 Å². The van der Waals surface area contributed by atoms with Gasteiger partial charge in [0.1, 0.15) is 5.15 Å². The molecule has 0 aliphatic heterocycles. The van der Waals surface area contributed by atoms with Gasteiger partial charge in [-0.1, -0.05) is 41.9 Å². The molecule has 0 spiro atoms. The third-order valence-corrected chi connectivity index (χ3v) is 2.67. The fraction of sp³-hybridized carbons (Fsp3) is 0.182. The van der Waals surface area contributed by atoms with E-state index in [1.807, 2.05) is 18.2 Å². The van der Waals surface area contributed by atoms with Gasteiger partial charge in [-0.3, -0.25) is 4.68 Å². The van der Waals surface area contributed by atoms with Gasteiger partial charge in [0.25, 0.3) is 0 Å². The fourth-order valence-corrected chi connectivity index (χ4v) is 1.60. The highest BCUT2D eigenvalue weighted by Crippen LogP contribution is 2.17. The third-order valence-electron chi connectivity index (χ3n) is 2.26. The summed E-state index contributed by atoms with van der Waals surface area (Å²) in [6.07, 6.45) is 2.48. The first-order chi connectivity index (χ1) is 7.27. The molecule has 3 nitrogen and oxygen atoms in total. The zero-order valence-electron chi connectivity index (χ0n) is 8.23. The zero-order chi connectivity index (χ0) is 10.7. The number of halogens is 1. The molecule has 0 radical (unpaired) electrons. The molecule has 4 heteroatoms. The minimum atomic E-state index is 0.519. The Bertz CT molecular complexity index is 436. The minimum absolute atomic E-state index is 0.519. The summed E-state index contributed by atoms with van der Waals surface area (Å²) in [7, 11) is 0. The van der Waals surface area contributed by atoms with Crippen LogP contribution in [0.25, 0.3) is 0 Å². The minimum Gasteiger partial charge on any atom is -0.395 e. The molecule has 2 rings (SSSR count). The van der Waals surface area contributed by atoms with E-state index in [0.29, 0.717) is 10.8 Å². The Balaban J connectivity index is 2.02. The van der Waals surface area contributed by atoms with Crippen LogP contribution in [-0.2, 0) is 13.0 Å². The summed E-state index contributed by atoms with van der Waals surface area (Å²) in [4.78, 5) is 0. The maximum Gasteiger partial charge on any atom is 0.150 e. The molecule has 0 bridgehead atoms. The maximum absolute atomic E-state index is 5.95. The molecule has 1 aromatic carbocycles. The predicted molar refractivity (Wildman–Crippen MR) is 61.8 cm³/mol. The molecule has 2 aromatic rings. The Labute approximate surface area is 93.5 Å². The summed E-state index contributed by atoms with van der Waals surface area (Å²) in [6.45, 7) is 0.750. The third kappa shape index (κ3) is 2.30. The molecule has 0 saturated carbocycles. The molecule has 0 fully saturated rings. The number of hydrogen-bond acceptors (Lipinski definition) is 2. The Morgan fingerprint density at radius 3 is 2.60 bits per heavy atom. The number of nitrogen functional groups attached to an aromatic ring is 1. The van der Waals surface area contributed by atoms with Gasteiger partial charge in [-0.2, -0.15) is 5.10 Å². The van der Waals surface area contributed by atoms with Crippen molar-refractivity contribution < 1.29 is 0 Å². The Morgan fingerprint density at radius 2 is 2.00 bits per heavy atom. The highest BCUT2D eigenvalue weighted by atomic mass is 35.5. The van der Waals surface area contributed by atoms with Gasteiger partial charge in [0.05, 0.1) is 11.9 Å². The average Bonchev–Trinajstić information content (AvgIpc) is 2.59. The van der Waals surface area contributed by atoms with Crippen molar-refractivity contribution in [2.75, 3.05) is 5.73 Å². The first-order valence-electron chi connectivity index (χ1n) is 4.78. The summed E-state index contributed by atoms with van der Waals surface area (Å²) in [5, 5.41) is 4.61. The molecule has 15 heavy (non-hydrogen) atoms. The predicted octanol–water partition coefficient (Wildman–Crippen LogP) is 2.36. The van der Waals surface area contributed by atoms with Crippen LogP contribution in [0.2, 0.25) is 5.15 Å². The molecule has 78 valence electrons. The summed E-state index contributed by atoms with van der Waals surface area (Å²) < 4.78 is 1.71. The molecule has 0 unspecified atom stereocenters. The fourth-order valence-electron chi connectivity index (χ4n) is 1.42. The number of anilines is 1. The van der Waals surface area contributed by atoms with E-state index in [-0.39, 0.29) is 0 Å². The molecule has 1 aromatic heterocycles. The molecule has 0 saturated heterocycles. The van der Waals surface area contributed by atoms with Crippen LogP contribution in [0.1, 0.15) is 5.56 Å². The number of nitrogens with two attached hydrogens (primary N) is 1. The lowest BCUT2D eigenvalue weighted by Crippen LogP contribution is -2.03. The Kier molecular flexibility index (Phi) is 2.92. The van der Waals surface area contributed by atoms with E-state index in [9.17, 15) is 0 Å². The van der Waals surface area contributed by atoms with Gasteiger partial charge in [-0.15, -0.1) is 0 Å². The zero-order valence-corrected chi connectivity index (χ0v) is 8.98. The smallest absolute Gasteiger partial charge is 0.150 e. The molecule has 2 N–H and O–H groups in total. The number of aryl methyl sites for hydroxylation is 2. The summed E-state index contributed by atoms with van der Waals surface area (Å²) in [6, 6.07) is 10.2. The number of benzene rings is 1. The van der Waals surface area contributed by atoms with Crippen molar-refractivity contribution in [3.05, 3.63) is 47.2 Å². The number of aromatic nitrogens is 2. The van der Waals surface area contributed by atoms with Crippen molar-refractivity contribution in [1.29, 1.82) is 0 Å².